The van der Waals surface area contributed by atoms with E-state index in [-0.39, 0.29) is 5.97 Å². The lowest BCUT2D eigenvalue weighted by molar-refractivity contribution is -0.147. The van der Waals surface area contributed by atoms with Crippen LogP contribution in [0.4, 0.5) is 0 Å². The molecule has 0 amide bonds. The van der Waals surface area contributed by atoms with Gasteiger partial charge in [-0.2, -0.15) is 11.8 Å². The van der Waals surface area contributed by atoms with Gasteiger partial charge < -0.3 is 10.1 Å². The van der Waals surface area contributed by atoms with Crippen molar-refractivity contribution in [3.05, 3.63) is 0 Å². The molecule has 0 aliphatic heterocycles. The van der Waals surface area contributed by atoms with E-state index in [1.807, 2.05) is 25.7 Å². The van der Waals surface area contributed by atoms with Crippen LogP contribution in [-0.2, 0) is 9.53 Å². The lowest BCUT2D eigenvalue weighted by Crippen LogP contribution is -2.50. The van der Waals surface area contributed by atoms with Gasteiger partial charge in [0, 0.05) is 10.5 Å². The van der Waals surface area contributed by atoms with Gasteiger partial charge in [0.15, 0.2) is 0 Å². The minimum absolute atomic E-state index is 0.166. The molecule has 18 heavy (non-hydrogen) atoms. The molecule has 0 radical (unpaired) electrons. The summed E-state index contributed by atoms with van der Waals surface area (Å²) in [4.78, 5) is 11.8. The Bertz CT molecular complexity index is 267. The molecule has 1 aliphatic carbocycles. The van der Waals surface area contributed by atoms with Gasteiger partial charge in [-0.1, -0.05) is 26.2 Å². The van der Waals surface area contributed by atoms with E-state index in [1.165, 1.54) is 39.2 Å². The molecule has 3 nitrogen and oxygen atoms in total. The molecule has 0 aromatic carbocycles. The summed E-state index contributed by atoms with van der Waals surface area (Å²) in [7, 11) is 3.28. The van der Waals surface area contributed by atoms with Gasteiger partial charge >= 0.3 is 5.97 Å². The zero-order valence-corrected chi connectivity index (χ0v) is 12.9. The maximum Gasteiger partial charge on any atom is 0.325 e. The van der Waals surface area contributed by atoms with Crippen molar-refractivity contribution >= 4 is 17.7 Å². The van der Waals surface area contributed by atoms with Crippen molar-refractivity contribution in [3.63, 3.8) is 0 Å². The summed E-state index contributed by atoms with van der Waals surface area (Å²) in [5.74, 6) is -0.166. The second-order valence-corrected chi connectivity index (χ2v) is 7.23. The summed E-state index contributed by atoms with van der Waals surface area (Å²) >= 11 is 2.04. The van der Waals surface area contributed by atoms with Crippen LogP contribution in [0, 0.1) is 0 Å². The standard InChI is InChI=1S/C14H27NO2S/c1-11(18-12-8-6-5-7-9-12)10-14(2,15-3)13(16)17-4/h11-12,15H,5-10H2,1-4H3. The number of ether oxygens (including phenoxy) is 1. The zero-order valence-electron chi connectivity index (χ0n) is 12.1. The number of esters is 1. The molecule has 0 spiro atoms. The molecule has 0 heterocycles. The molecule has 106 valence electrons. The fourth-order valence-electron chi connectivity index (χ4n) is 2.67. The highest BCUT2D eigenvalue weighted by molar-refractivity contribution is 8.00. The van der Waals surface area contributed by atoms with Gasteiger partial charge in [0.05, 0.1) is 7.11 Å². The maximum atomic E-state index is 11.8. The fraction of sp³-hybridized carbons (Fsp3) is 0.929. The molecule has 1 rings (SSSR count). The van der Waals surface area contributed by atoms with Gasteiger partial charge in [0.2, 0.25) is 0 Å². The molecular weight excluding hydrogens is 246 g/mol. The Morgan fingerprint density at radius 3 is 2.56 bits per heavy atom. The van der Waals surface area contributed by atoms with E-state index in [9.17, 15) is 4.79 Å². The van der Waals surface area contributed by atoms with E-state index in [0.29, 0.717) is 5.25 Å². The highest BCUT2D eigenvalue weighted by Crippen LogP contribution is 2.33. The molecule has 2 unspecified atom stereocenters. The second-order valence-electron chi connectivity index (χ2n) is 5.48. The van der Waals surface area contributed by atoms with Crippen molar-refractivity contribution in [1.29, 1.82) is 0 Å². The Kier molecular flexibility index (Phi) is 6.50. The van der Waals surface area contributed by atoms with Crippen LogP contribution in [0.25, 0.3) is 0 Å². The number of carbonyl (C=O) groups excluding carboxylic acids is 1. The minimum Gasteiger partial charge on any atom is -0.468 e. The summed E-state index contributed by atoms with van der Waals surface area (Å²) in [5.41, 5.74) is -0.560. The van der Waals surface area contributed by atoms with E-state index in [1.54, 1.807) is 0 Å². The predicted molar refractivity (Wildman–Crippen MR) is 78.0 cm³/mol. The zero-order chi connectivity index (χ0) is 13.6. The molecular formula is C14H27NO2S. The van der Waals surface area contributed by atoms with Gasteiger partial charge in [-0.25, -0.2) is 0 Å². The van der Waals surface area contributed by atoms with E-state index in [0.717, 1.165) is 11.7 Å². The summed E-state index contributed by atoms with van der Waals surface area (Å²) in [5, 5.41) is 4.37. The van der Waals surface area contributed by atoms with E-state index in [4.69, 9.17) is 4.74 Å². The van der Waals surface area contributed by atoms with E-state index in [2.05, 4.69) is 12.2 Å². The van der Waals surface area contributed by atoms with Crippen LogP contribution in [0.1, 0.15) is 52.4 Å². The average molecular weight is 273 g/mol. The van der Waals surface area contributed by atoms with Crippen molar-refractivity contribution in [2.75, 3.05) is 14.2 Å². The van der Waals surface area contributed by atoms with E-state index >= 15 is 0 Å². The van der Waals surface area contributed by atoms with Crippen molar-refractivity contribution in [3.8, 4) is 0 Å². The Hall–Kier alpha value is -0.220. The summed E-state index contributed by atoms with van der Waals surface area (Å²) < 4.78 is 4.89. The number of nitrogens with one attached hydrogen (secondary N) is 1. The van der Waals surface area contributed by atoms with Crippen molar-refractivity contribution in [2.45, 2.75) is 68.4 Å². The van der Waals surface area contributed by atoms with Crippen molar-refractivity contribution in [1.82, 2.24) is 5.32 Å². The normalized spacial score (nSPS) is 22.2. The second kappa shape index (κ2) is 7.39. The maximum absolute atomic E-state index is 11.8. The fourth-order valence-corrected chi connectivity index (χ4v) is 4.36. The van der Waals surface area contributed by atoms with Crippen LogP contribution in [0.5, 0.6) is 0 Å². The van der Waals surface area contributed by atoms with Gasteiger partial charge in [-0.05, 0) is 33.2 Å². The average Bonchev–Trinajstić information content (AvgIpc) is 2.38. The van der Waals surface area contributed by atoms with Crippen molar-refractivity contribution in [2.24, 2.45) is 0 Å². The SMILES string of the molecule is CNC(C)(CC(C)SC1CCCCC1)C(=O)OC. The molecule has 2 atom stereocenters. The van der Waals surface area contributed by atoms with Gasteiger partial charge in [-0.15, -0.1) is 0 Å². The molecule has 0 aromatic heterocycles. The molecule has 1 fully saturated rings. The van der Waals surface area contributed by atoms with Crippen molar-refractivity contribution < 1.29 is 9.53 Å². The third kappa shape index (κ3) is 4.47. The van der Waals surface area contributed by atoms with Gasteiger partial charge in [0.25, 0.3) is 0 Å². The Balaban J connectivity index is 2.45. The highest BCUT2D eigenvalue weighted by Gasteiger charge is 2.34. The Morgan fingerprint density at radius 2 is 2.06 bits per heavy atom. The summed E-state index contributed by atoms with van der Waals surface area (Å²) in [6, 6.07) is 0. The quantitative estimate of drug-likeness (QED) is 0.755. The first-order valence-electron chi connectivity index (χ1n) is 6.94. The molecule has 0 aromatic rings. The smallest absolute Gasteiger partial charge is 0.325 e. The third-order valence-corrected chi connectivity index (χ3v) is 5.35. The monoisotopic (exact) mass is 273 g/mol. The molecule has 0 bridgehead atoms. The van der Waals surface area contributed by atoms with E-state index < -0.39 is 5.54 Å². The number of methoxy groups -OCH3 is 1. The number of carbonyl (C=O) groups is 1. The molecule has 1 N–H and O–H groups in total. The molecule has 1 aliphatic rings. The number of rotatable bonds is 6. The number of hydrogen-bond acceptors (Lipinski definition) is 4. The first-order chi connectivity index (χ1) is 8.51. The first-order valence-corrected chi connectivity index (χ1v) is 7.89. The first kappa shape index (κ1) is 15.8. The van der Waals surface area contributed by atoms with Crippen LogP contribution in [0.15, 0.2) is 0 Å². The topological polar surface area (TPSA) is 38.3 Å². The Morgan fingerprint density at radius 1 is 1.44 bits per heavy atom. The largest absolute Gasteiger partial charge is 0.468 e. The van der Waals surface area contributed by atoms with Crippen LogP contribution in [0.3, 0.4) is 0 Å². The molecule has 4 heteroatoms. The minimum atomic E-state index is -0.560. The van der Waals surface area contributed by atoms with Crippen LogP contribution >= 0.6 is 11.8 Å². The highest BCUT2D eigenvalue weighted by atomic mass is 32.2. The van der Waals surface area contributed by atoms with Crippen LogP contribution < -0.4 is 5.32 Å². The van der Waals surface area contributed by atoms with Crippen LogP contribution in [0.2, 0.25) is 0 Å². The number of thioether (sulfide) groups is 1. The number of likely N-dealkylation sites (N-methyl/N-ethyl adjacent to an activating group) is 1. The van der Waals surface area contributed by atoms with Gasteiger partial charge in [-0.3, -0.25) is 4.79 Å². The number of hydrogen-bond donors (Lipinski definition) is 1. The predicted octanol–water partition coefficient (Wildman–Crippen LogP) is 2.98. The van der Waals surface area contributed by atoms with Gasteiger partial charge in [0.1, 0.15) is 5.54 Å². The third-order valence-electron chi connectivity index (χ3n) is 3.86. The summed E-state index contributed by atoms with van der Waals surface area (Å²) in [6.45, 7) is 4.15. The Labute approximate surface area is 115 Å². The lowest BCUT2D eigenvalue weighted by Gasteiger charge is -2.31. The molecule has 0 saturated heterocycles. The van der Waals surface area contributed by atoms with Crippen LogP contribution in [-0.4, -0.2) is 36.2 Å². The lowest BCUT2D eigenvalue weighted by atomic mass is 9.96. The summed E-state index contributed by atoms with van der Waals surface area (Å²) in [6.07, 6.45) is 7.61. The molecule has 1 saturated carbocycles.